The predicted octanol–water partition coefficient (Wildman–Crippen LogP) is 5.29. The molecule has 1 aliphatic heterocycles. The number of benzene rings is 2. The number of ether oxygens (including phenoxy) is 1. The maximum absolute atomic E-state index is 13.4. The molecular weight excluding hydrogens is 465 g/mol. The molecule has 0 saturated carbocycles. The Morgan fingerprint density at radius 1 is 1.20 bits per heavy atom. The van der Waals surface area contributed by atoms with E-state index in [1.165, 1.54) is 36.5 Å². The lowest BCUT2D eigenvalue weighted by molar-refractivity contribution is 0.0999. The summed E-state index contributed by atoms with van der Waals surface area (Å²) in [6.45, 7) is 2.68. The summed E-state index contributed by atoms with van der Waals surface area (Å²) >= 11 is 2.00. The molecule has 0 unspecified atom stereocenters. The van der Waals surface area contributed by atoms with Gasteiger partial charge in [-0.2, -0.15) is 11.8 Å². The van der Waals surface area contributed by atoms with Crippen molar-refractivity contribution in [1.82, 2.24) is 14.6 Å². The largest absolute Gasteiger partial charge is 0.438 e. The van der Waals surface area contributed by atoms with E-state index in [-0.39, 0.29) is 5.82 Å². The third-order valence-corrected chi connectivity index (χ3v) is 7.24. The van der Waals surface area contributed by atoms with Crippen molar-refractivity contribution in [3.8, 4) is 22.9 Å². The molecule has 2 aromatic carbocycles. The van der Waals surface area contributed by atoms with Crippen molar-refractivity contribution >= 4 is 29.0 Å². The number of thioether (sulfide) groups is 1. The molecule has 9 heteroatoms. The van der Waals surface area contributed by atoms with Gasteiger partial charge < -0.3 is 15.8 Å². The van der Waals surface area contributed by atoms with Gasteiger partial charge in [-0.25, -0.2) is 13.9 Å². The number of imidazole rings is 1. The number of hydrogen-bond donors (Lipinski definition) is 2. The van der Waals surface area contributed by atoms with Gasteiger partial charge in [-0.15, -0.1) is 5.10 Å². The molecule has 180 valence electrons. The van der Waals surface area contributed by atoms with E-state index >= 15 is 0 Å². The van der Waals surface area contributed by atoms with E-state index < -0.39 is 5.91 Å². The number of primary amides is 1. The molecule has 1 fully saturated rings. The first-order chi connectivity index (χ1) is 17.0. The monoisotopic (exact) mass is 491 g/mol. The quantitative estimate of drug-likeness (QED) is 0.365. The van der Waals surface area contributed by atoms with Crippen LogP contribution in [0.1, 0.15) is 28.8 Å². The number of anilines is 1. The molecule has 3 heterocycles. The van der Waals surface area contributed by atoms with Crippen LogP contribution in [0.3, 0.4) is 0 Å². The van der Waals surface area contributed by atoms with Crippen LogP contribution < -0.4 is 15.8 Å². The van der Waals surface area contributed by atoms with Gasteiger partial charge in [0.05, 0.1) is 17.6 Å². The van der Waals surface area contributed by atoms with E-state index in [4.69, 9.17) is 10.5 Å². The molecule has 0 radical (unpaired) electrons. The van der Waals surface area contributed by atoms with Crippen LogP contribution in [0.25, 0.3) is 16.9 Å². The van der Waals surface area contributed by atoms with Gasteiger partial charge in [0.2, 0.25) is 11.8 Å². The number of aromatic nitrogens is 3. The van der Waals surface area contributed by atoms with Crippen molar-refractivity contribution in [2.45, 2.75) is 19.8 Å². The SMILES string of the molecule is Cc1cc(-c2cnc3c(NCC4CCSCC4)cc(Oc4ccc(F)cc4)nn23)ccc1C(N)=O. The van der Waals surface area contributed by atoms with E-state index in [0.29, 0.717) is 28.8 Å². The number of carbonyl (C=O) groups is 1. The summed E-state index contributed by atoms with van der Waals surface area (Å²) in [6.07, 6.45) is 4.12. The van der Waals surface area contributed by atoms with Gasteiger partial charge >= 0.3 is 0 Å². The van der Waals surface area contributed by atoms with Crippen molar-refractivity contribution in [3.63, 3.8) is 0 Å². The van der Waals surface area contributed by atoms with Crippen LogP contribution >= 0.6 is 11.8 Å². The average Bonchev–Trinajstić information content (AvgIpc) is 3.28. The highest BCUT2D eigenvalue weighted by Crippen LogP contribution is 2.31. The Balaban J connectivity index is 1.54. The Morgan fingerprint density at radius 3 is 2.69 bits per heavy atom. The van der Waals surface area contributed by atoms with Gasteiger partial charge in [-0.3, -0.25) is 4.79 Å². The average molecular weight is 492 g/mol. The fourth-order valence-electron chi connectivity index (χ4n) is 4.25. The van der Waals surface area contributed by atoms with Crippen molar-refractivity contribution in [3.05, 3.63) is 71.7 Å². The highest BCUT2D eigenvalue weighted by molar-refractivity contribution is 7.99. The third-order valence-electron chi connectivity index (χ3n) is 6.19. The Morgan fingerprint density at radius 2 is 1.97 bits per heavy atom. The molecule has 0 spiro atoms. The van der Waals surface area contributed by atoms with Crippen LogP contribution in [0.4, 0.5) is 10.1 Å². The van der Waals surface area contributed by atoms with Gasteiger partial charge in [-0.1, -0.05) is 6.07 Å². The standard InChI is InChI=1S/C26H26FN5O2S/c1-16-12-18(2-7-21(16)25(28)33)23-15-30-26-22(29-14-17-8-10-35-11-9-17)13-24(31-32(23)26)34-20-5-3-19(27)4-6-20/h2-7,12-13,15,17,29H,8-11,14H2,1H3,(H2,28,33). The van der Waals surface area contributed by atoms with E-state index in [2.05, 4.69) is 15.4 Å². The van der Waals surface area contributed by atoms with Gasteiger partial charge in [-0.05, 0) is 79.2 Å². The van der Waals surface area contributed by atoms with Crippen molar-refractivity contribution in [2.24, 2.45) is 11.7 Å². The number of nitrogens with two attached hydrogens (primary N) is 1. The minimum atomic E-state index is -0.465. The van der Waals surface area contributed by atoms with Crippen LogP contribution in [0.15, 0.2) is 54.7 Å². The summed E-state index contributed by atoms with van der Waals surface area (Å²) in [5.74, 6) is 3.02. The lowest BCUT2D eigenvalue weighted by atomic mass is 10.0. The predicted molar refractivity (Wildman–Crippen MR) is 137 cm³/mol. The van der Waals surface area contributed by atoms with E-state index in [1.54, 1.807) is 28.9 Å². The number of amides is 1. The van der Waals surface area contributed by atoms with Crippen molar-refractivity contribution < 1.29 is 13.9 Å². The summed E-state index contributed by atoms with van der Waals surface area (Å²) in [5, 5.41) is 8.23. The summed E-state index contributed by atoms with van der Waals surface area (Å²) in [7, 11) is 0. The molecule has 3 N–H and O–H groups in total. The maximum atomic E-state index is 13.4. The molecule has 1 amide bonds. The lowest BCUT2D eigenvalue weighted by Gasteiger charge is -2.22. The fourth-order valence-corrected chi connectivity index (χ4v) is 5.45. The number of rotatable bonds is 7. The molecule has 5 rings (SSSR count). The number of halogens is 1. The maximum Gasteiger partial charge on any atom is 0.248 e. The zero-order chi connectivity index (χ0) is 24.4. The first kappa shape index (κ1) is 23.2. The van der Waals surface area contributed by atoms with Crippen molar-refractivity contribution in [1.29, 1.82) is 0 Å². The molecule has 4 aromatic rings. The molecule has 1 saturated heterocycles. The minimum Gasteiger partial charge on any atom is -0.438 e. The zero-order valence-electron chi connectivity index (χ0n) is 19.3. The Hall–Kier alpha value is -3.59. The van der Waals surface area contributed by atoms with Crippen LogP contribution in [0.2, 0.25) is 0 Å². The number of aryl methyl sites for hydroxylation is 1. The summed E-state index contributed by atoms with van der Waals surface area (Å²) in [6, 6.07) is 13.1. The molecule has 7 nitrogen and oxygen atoms in total. The van der Waals surface area contributed by atoms with Crippen LogP contribution in [-0.2, 0) is 0 Å². The van der Waals surface area contributed by atoms with Crippen LogP contribution in [0, 0.1) is 18.7 Å². The third kappa shape index (κ3) is 5.09. The second-order valence-corrected chi connectivity index (χ2v) is 9.89. The summed E-state index contributed by atoms with van der Waals surface area (Å²) in [5.41, 5.74) is 9.81. The Kier molecular flexibility index (Phi) is 6.59. The highest BCUT2D eigenvalue weighted by atomic mass is 32.2. The zero-order valence-corrected chi connectivity index (χ0v) is 20.1. The van der Waals surface area contributed by atoms with Gasteiger partial charge in [0.15, 0.2) is 5.65 Å². The lowest BCUT2D eigenvalue weighted by Crippen LogP contribution is -2.19. The molecule has 0 aliphatic carbocycles. The van der Waals surface area contributed by atoms with Gasteiger partial charge in [0.1, 0.15) is 11.6 Å². The van der Waals surface area contributed by atoms with Crippen molar-refractivity contribution in [2.75, 3.05) is 23.4 Å². The summed E-state index contributed by atoms with van der Waals surface area (Å²) < 4.78 is 21.1. The smallest absolute Gasteiger partial charge is 0.248 e. The first-order valence-electron chi connectivity index (χ1n) is 11.5. The van der Waals surface area contributed by atoms with Gasteiger partial charge in [0, 0.05) is 23.7 Å². The minimum absolute atomic E-state index is 0.333. The Labute approximate surface area is 206 Å². The van der Waals surface area contributed by atoms with E-state index in [1.807, 2.05) is 36.9 Å². The number of carbonyl (C=O) groups excluding carboxylic acids is 1. The van der Waals surface area contributed by atoms with Crippen LogP contribution in [0.5, 0.6) is 11.6 Å². The molecule has 1 aliphatic rings. The molecule has 2 aromatic heterocycles. The van der Waals surface area contributed by atoms with E-state index in [0.717, 1.165) is 29.1 Å². The topological polar surface area (TPSA) is 94.5 Å². The highest BCUT2D eigenvalue weighted by Gasteiger charge is 2.18. The molecule has 0 atom stereocenters. The van der Waals surface area contributed by atoms with Gasteiger partial charge in [0.25, 0.3) is 0 Å². The summed E-state index contributed by atoms with van der Waals surface area (Å²) in [4.78, 5) is 16.3. The number of fused-ring (bicyclic) bond motifs is 1. The fraction of sp³-hybridized carbons (Fsp3) is 0.269. The second kappa shape index (κ2) is 9.95. The second-order valence-electron chi connectivity index (χ2n) is 8.66. The number of nitrogens with zero attached hydrogens (tertiary/aromatic N) is 3. The molecule has 35 heavy (non-hydrogen) atoms. The normalized spacial score (nSPS) is 14.2. The molecular formula is C26H26FN5O2S. The Bertz CT molecular complexity index is 1370. The number of nitrogens with one attached hydrogen (secondary N) is 1. The number of hydrogen-bond acceptors (Lipinski definition) is 6. The van der Waals surface area contributed by atoms with Crippen LogP contribution in [-0.4, -0.2) is 38.6 Å². The first-order valence-corrected chi connectivity index (χ1v) is 12.7. The van der Waals surface area contributed by atoms with E-state index in [9.17, 15) is 9.18 Å². The molecule has 0 bridgehead atoms.